The zero-order valence-electron chi connectivity index (χ0n) is 10.3. The van der Waals surface area contributed by atoms with E-state index in [1.54, 1.807) is 0 Å². The van der Waals surface area contributed by atoms with E-state index in [0.29, 0.717) is 6.54 Å². The molecule has 2 aromatic carbocycles. The van der Waals surface area contributed by atoms with Crippen molar-refractivity contribution in [1.29, 1.82) is 0 Å². The predicted molar refractivity (Wildman–Crippen MR) is 75.9 cm³/mol. The molecule has 0 aliphatic rings. The molecule has 1 atom stereocenters. The molecule has 0 bridgehead atoms. The maximum absolute atomic E-state index is 5.79. The van der Waals surface area contributed by atoms with Crippen molar-refractivity contribution in [3.05, 3.63) is 42.5 Å². The van der Waals surface area contributed by atoms with Gasteiger partial charge in [0, 0.05) is 29.0 Å². The van der Waals surface area contributed by atoms with E-state index in [4.69, 9.17) is 10.2 Å². The minimum Gasteiger partial charge on any atom is -0.456 e. The minimum atomic E-state index is 0.264. The average Bonchev–Trinajstić information content (AvgIpc) is 2.77. The van der Waals surface area contributed by atoms with Crippen molar-refractivity contribution in [1.82, 2.24) is 0 Å². The van der Waals surface area contributed by atoms with Crippen LogP contribution < -0.4 is 11.1 Å². The summed E-state index contributed by atoms with van der Waals surface area (Å²) in [7, 11) is 0. The number of anilines is 1. The van der Waals surface area contributed by atoms with Gasteiger partial charge in [-0.25, -0.2) is 0 Å². The number of hydrogen-bond acceptors (Lipinski definition) is 3. The Bertz CT molecular complexity index is 687. The van der Waals surface area contributed by atoms with Crippen molar-refractivity contribution in [2.45, 2.75) is 13.0 Å². The van der Waals surface area contributed by atoms with E-state index in [-0.39, 0.29) is 6.04 Å². The summed E-state index contributed by atoms with van der Waals surface area (Å²) in [6, 6.07) is 14.5. The van der Waals surface area contributed by atoms with Crippen LogP contribution in [0.2, 0.25) is 0 Å². The van der Waals surface area contributed by atoms with Crippen LogP contribution in [0.25, 0.3) is 21.9 Å². The molecule has 0 saturated heterocycles. The summed E-state index contributed by atoms with van der Waals surface area (Å²) in [5, 5.41) is 5.66. The minimum absolute atomic E-state index is 0.264. The van der Waals surface area contributed by atoms with Crippen LogP contribution in [0.1, 0.15) is 6.92 Å². The van der Waals surface area contributed by atoms with Gasteiger partial charge < -0.3 is 15.5 Å². The Morgan fingerprint density at radius 2 is 1.89 bits per heavy atom. The SMILES string of the molecule is CC(CN)Nc1ccc2oc3ccccc3c2c1. The van der Waals surface area contributed by atoms with Crippen LogP contribution in [0.15, 0.2) is 46.9 Å². The van der Waals surface area contributed by atoms with Crippen LogP contribution in [0.4, 0.5) is 5.69 Å². The first kappa shape index (κ1) is 11.1. The summed E-state index contributed by atoms with van der Waals surface area (Å²) in [6.45, 7) is 2.68. The largest absolute Gasteiger partial charge is 0.456 e. The van der Waals surface area contributed by atoms with Gasteiger partial charge in [0.2, 0.25) is 0 Å². The highest BCUT2D eigenvalue weighted by Crippen LogP contribution is 2.30. The first-order valence-corrected chi connectivity index (χ1v) is 6.16. The molecule has 1 unspecified atom stereocenters. The Hall–Kier alpha value is -2.00. The number of furan rings is 1. The smallest absolute Gasteiger partial charge is 0.135 e. The molecule has 3 aromatic rings. The van der Waals surface area contributed by atoms with Crippen molar-refractivity contribution in [3.8, 4) is 0 Å². The molecule has 3 heteroatoms. The Morgan fingerprint density at radius 1 is 1.11 bits per heavy atom. The molecule has 18 heavy (non-hydrogen) atoms. The molecule has 1 aromatic heterocycles. The molecule has 0 spiro atoms. The standard InChI is InChI=1S/C15H16N2O/c1-10(9-16)17-11-6-7-15-13(8-11)12-4-2-3-5-14(12)18-15/h2-8,10,17H,9,16H2,1H3. The van der Waals surface area contributed by atoms with E-state index in [9.17, 15) is 0 Å². The third-order valence-electron chi connectivity index (χ3n) is 3.14. The molecule has 3 N–H and O–H groups in total. The fourth-order valence-electron chi connectivity index (χ4n) is 2.16. The first-order valence-electron chi connectivity index (χ1n) is 6.16. The Labute approximate surface area is 106 Å². The molecule has 0 saturated carbocycles. The molecular formula is C15H16N2O. The molecule has 0 amide bonds. The second-order valence-electron chi connectivity index (χ2n) is 4.59. The molecule has 92 valence electrons. The molecule has 0 fully saturated rings. The van der Waals surface area contributed by atoms with Gasteiger partial charge >= 0.3 is 0 Å². The molecule has 3 nitrogen and oxygen atoms in total. The summed E-state index contributed by atoms with van der Waals surface area (Å²) in [4.78, 5) is 0. The fourth-order valence-corrected chi connectivity index (χ4v) is 2.16. The summed E-state index contributed by atoms with van der Waals surface area (Å²) in [5.74, 6) is 0. The van der Waals surface area contributed by atoms with Crippen LogP contribution in [0.3, 0.4) is 0 Å². The van der Waals surface area contributed by atoms with E-state index >= 15 is 0 Å². The van der Waals surface area contributed by atoms with Crippen LogP contribution in [-0.2, 0) is 0 Å². The second kappa shape index (κ2) is 4.35. The van der Waals surface area contributed by atoms with Gasteiger partial charge in [-0.1, -0.05) is 18.2 Å². The van der Waals surface area contributed by atoms with E-state index < -0.39 is 0 Å². The summed E-state index contributed by atoms with van der Waals surface area (Å²) >= 11 is 0. The van der Waals surface area contributed by atoms with E-state index in [2.05, 4.69) is 24.4 Å². The van der Waals surface area contributed by atoms with Gasteiger partial charge in [-0.3, -0.25) is 0 Å². The zero-order valence-corrected chi connectivity index (χ0v) is 10.3. The molecule has 0 radical (unpaired) electrons. The van der Waals surface area contributed by atoms with E-state index in [1.165, 1.54) is 0 Å². The summed E-state index contributed by atoms with van der Waals surface area (Å²) in [5.41, 5.74) is 8.54. The number of hydrogen-bond donors (Lipinski definition) is 2. The van der Waals surface area contributed by atoms with Gasteiger partial charge in [-0.15, -0.1) is 0 Å². The van der Waals surface area contributed by atoms with Gasteiger partial charge in [-0.05, 0) is 31.2 Å². The maximum Gasteiger partial charge on any atom is 0.135 e. The molecule has 3 rings (SSSR count). The highest BCUT2D eigenvalue weighted by Gasteiger charge is 2.07. The predicted octanol–water partition coefficient (Wildman–Crippen LogP) is 3.35. The number of para-hydroxylation sites is 1. The van der Waals surface area contributed by atoms with E-state index in [1.807, 2.05) is 30.3 Å². The van der Waals surface area contributed by atoms with Crippen LogP contribution in [-0.4, -0.2) is 12.6 Å². The fraction of sp³-hybridized carbons (Fsp3) is 0.200. The Balaban J connectivity index is 2.12. The lowest BCUT2D eigenvalue weighted by Gasteiger charge is -2.12. The first-order chi connectivity index (χ1) is 8.78. The lowest BCUT2D eigenvalue weighted by molar-refractivity contribution is 0.669. The number of nitrogens with one attached hydrogen (secondary N) is 1. The highest BCUT2D eigenvalue weighted by atomic mass is 16.3. The van der Waals surface area contributed by atoms with E-state index in [0.717, 1.165) is 27.6 Å². The zero-order chi connectivity index (χ0) is 12.5. The molecule has 1 heterocycles. The third-order valence-corrected chi connectivity index (χ3v) is 3.14. The van der Waals surface area contributed by atoms with Crippen molar-refractivity contribution in [2.24, 2.45) is 5.73 Å². The normalized spacial score (nSPS) is 13.0. The van der Waals surface area contributed by atoms with Gasteiger partial charge in [0.1, 0.15) is 11.2 Å². The second-order valence-corrected chi connectivity index (χ2v) is 4.59. The number of benzene rings is 2. The van der Waals surface area contributed by atoms with Gasteiger partial charge in [0.25, 0.3) is 0 Å². The topological polar surface area (TPSA) is 51.2 Å². The Morgan fingerprint density at radius 3 is 2.72 bits per heavy atom. The van der Waals surface area contributed by atoms with Crippen LogP contribution in [0.5, 0.6) is 0 Å². The van der Waals surface area contributed by atoms with Crippen LogP contribution >= 0.6 is 0 Å². The van der Waals surface area contributed by atoms with Gasteiger partial charge in [0.05, 0.1) is 0 Å². The quantitative estimate of drug-likeness (QED) is 0.738. The molecule has 0 aliphatic heterocycles. The van der Waals surface area contributed by atoms with Crippen molar-refractivity contribution in [3.63, 3.8) is 0 Å². The van der Waals surface area contributed by atoms with Gasteiger partial charge in [0.15, 0.2) is 0 Å². The number of fused-ring (bicyclic) bond motifs is 3. The summed E-state index contributed by atoms with van der Waals surface area (Å²) < 4.78 is 5.79. The van der Waals surface area contributed by atoms with Crippen LogP contribution in [0, 0.1) is 0 Å². The van der Waals surface area contributed by atoms with Crippen molar-refractivity contribution >= 4 is 27.6 Å². The summed E-state index contributed by atoms with van der Waals surface area (Å²) in [6.07, 6.45) is 0. The number of nitrogens with two attached hydrogens (primary N) is 1. The van der Waals surface area contributed by atoms with Crippen molar-refractivity contribution < 1.29 is 4.42 Å². The lowest BCUT2D eigenvalue weighted by atomic mass is 10.1. The van der Waals surface area contributed by atoms with Gasteiger partial charge in [-0.2, -0.15) is 0 Å². The molecule has 0 aliphatic carbocycles. The average molecular weight is 240 g/mol. The maximum atomic E-state index is 5.79. The third kappa shape index (κ3) is 1.83. The monoisotopic (exact) mass is 240 g/mol. The molecular weight excluding hydrogens is 224 g/mol. The lowest BCUT2D eigenvalue weighted by Crippen LogP contribution is -2.24. The Kier molecular flexibility index (Phi) is 2.68. The number of rotatable bonds is 3. The highest BCUT2D eigenvalue weighted by molar-refractivity contribution is 6.05. The van der Waals surface area contributed by atoms with Crippen molar-refractivity contribution in [2.75, 3.05) is 11.9 Å².